The quantitative estimate of drug-likeness (QED) is 0.787. The molecule has 132 valence electrons. The summed E-state index contributed by atoms with van der Waals surface area (Å²) in [6, 6.07) is 15.6. The van der Waals surface area contributed by atoms with Gasteiger partial charge in [-0.2, -0.15) is 0 Å². The first-order chi connectivity index (χ1) is 12.7. The lowest BCUT2D eigenvalue weighted by Crippen LogP contribution is -2.30. The number of ether oxygens (including phenoxy) is 1. The number of nitrogens with one attached hydrogen (secondary N) is 1. The van der Waals surface area contributed by atoms with Crippen molar-refractivity contribution < 1.29 is 4.74 Å². The molecule has 1 aliphatic heterocycles. The third-order valence-electron chi connectivity index (χ3n) is 4.78. The molecule has 1 aromatic heterocycles. The van der Waals surface area contributed by atoms with Gasteiger partial charge in [-0.25, -0.2) is 4.98 Å². The summed E-state index contributed by atoms with van der Waals surface area (Å²) in [4.78, 5) is 22.0. The highest BCUT2D eigenvalue weighted by molar-refractivity contribution is 5.77. The maximum absolute atomic E-state index is 12.2. The summed E-state index contributed by atoms with van der Waals surface area (Å²) in [6.07, 6.45) is 3.18. The molecular weight excluding hydrogens is 326 g/mol. The minimum atomic E-state index is -0.0761. The van der Waals surface area contributed by atoms with Crippen LogP contribution in [-0.2, 0) is 6.54 Å². The van der Waals surface area contributed by atoms with Gasteiger partial charge in [-0.15, -0.1) is 0 Å². The van der Waals surface area contributed by atoms with Crippen LogP contribution in [0.25, 0.3) is 16.5 Å². The molecule has 2 aromatic carbocycles. The molecular formula is C21H21N3O2. The molecule has 1 N–H and O–H groups in total. The molecule has 0 aliphatic carbocycles. The molecule has 3 aromatic rings. The molecule has 0 spiro atoms. The first kappa shape index (κ1) is 16.5. The summed E-state index contributed by atoms with van der Waals surface area (Å²) in [7, 11) is 1.70. The number of hydrogen-bond acceptors (Lipinski definition) is 4. The van der Waals surface area contributed by atoms with Crippen LogP contribution in [0, 0.1) is 0 Å². The predicted octanol–water partition coefficient (Wildman–Crippen LogP) is 3.22. The van der Waals surface area contributed by atoms with E-state index < -0.39 is 0 Å². The van der Waals surface area contributed by atoms with Gasteiger partial charge in [-0.05, 0) is 30.2 Å². The number of methoxy groups -OCH3 is 1. The van der Waals surface area contributed by atoms with Crippen molar-refractivity contribution in [1.82, 2.24) is 14.9 Å². The Balaban J connectivity index is 1.52. The van der Waals surface area contributed by atoms with Crippen molar-refractivity contribution in [1.29, 1.82) is 0 Å². The predicted molar refractivity (Wildman–Crippen MR) is 103 cm³/mol. The number of aromatic amines is 1. The van der Waals surface area contributed by atoms with Gasteiger partial charge in [0.15, 0.2) is 0 Å². The van der Waals surface area contributed by atoms with Crippen LogP contribution in [0.5, 0.6) is 5.75 Å². The van der Waals surface area contributed by atoms with E-state index in [2.05, 4.69) is 27.0 Å². The van der Waals surface area contributed by atoms with E-state index >= 15 is 0 Å². The second kappa shape index (κ2) is 7.14. The molecule has 0 amide bonds. The maximum atomic E-state index is 12.2. The van der Waals surface area contributed by atoms with Gasteiger partial charge in [0.05, 0.1) is 24.6 Å². The Hall–Kier alpha value is -2.92. The average molecular weight is 347 g/mol. The lowest BCUT2D eigenvalue weighted by atomic mass is 9.98. The summed E-state index contributed by atoms with van der Waals surface area (Å²) >= 11 is 0. The van der Waals surface area contributed by atoms with E-state index in [1.54, 1.807) is 13.2 Å². The molecule has 1 aliphatic rings. The van der Waals surface area contributed by atoms with Gasteiger partial charge < -0.3 is 9.72 Å². The molecule has 0 saturated carbocycles. The zero-order valence-corrected chi connectivity index (χ0v) is 14.7. The van der Waals surface area contributed by atoms with Crippen molar-refractivity contribution in [2.45, 2.75) is 13.0 Å². The minimum Gasteiger partial charge on any atom is -0.496 e. The number of H-pyrrole nitrogens is 1. The fourth-order valence-corrected chi connectivity index (χ4v) is 3.43. The van der Waals surface area contributed by atoms with E-state index in [-0.39, 0.29) is 5.56 Å². The number of nitrogens with zero attached hydrogens (tertiary/aromatic N) is 2. The zero-order chi connectivity index (χ0) is 17.9. The highest BCUT2D eigenvalue weighted by Gasteiger charge is 2.16. The third-order valence-corrected chi connectivity index (χ3v) is 4.78. The third kappa shape index (κ3) is 3.26. The number of aromatic nitrogens is 2. The zero-order valence-electron chi connectivity index (χ0n) is 14.7. The molecule has 26 heavy (non-hydrogen) atoms. The van der Waals surface area contributed by atoms with Crippen LogP contribution in [0.2, 0.25) is 0 Å². The Morgan fingerprint density at radius 3 is 2.77 bits per heavy atom. The number of hydrogen-bond donors (Lipinski definition) is 1. The molecule has 0 saturated heterocycles. The van der Waals surface area contributed by atoms with Crippen LogP contribution in [-0.4, -0.2) is 35.1 Å². The van der Waals surface area contributed by atoms with E-state index in [1.807, 2.05) is 36.4 Å². The topological polar surface area (TPSA) is 58.2 Å². The van der Waals surface area contributed by atoms with Crippen LogP contribution >= 0.6 is 0 Å². The van der Waals surface area contributed by atoms with Gasteiger partial charge in [0.2, 0.25) is 0 Å². The molecule has 0 bridgehead atoms. The Morgan fingerprint density at radius 2 is 1.96 bits per heavy atom. The molecule has 0 radical (unpaired) electrons. The highest BCUT2D eigenvalue weighted by atomic mass is 16.5. The average Bonchev–Trinajstić information content (AvgIpc) is 2.69. The maximum Gasteiger partial charge on any atom is 0.258 e. The van der Waals surface area contributed by atoms with Gasteiger partial charge >= 0.3 is 0 Å². The summed E-state index contributed by atoms with van der Waals surface area (Å²) in [5.74, 6) is 1.62. The van der Waals surface area contributed by atoms with Gasteiger partial charge in [-0.1, -0.05) is 36.4 Å². The fraction of sp³-hybridized carbons (Fsp3) is 0.238. The molecule has 0 fully saturated rings. The van der Waals surface area contributed by atoms with Crippen LogP contribution in [0.15, 0.2) is 59.4 Å². The van der Waals surface area contributed by atoms with Crippen molar-refractivity contribution in [3.63, 3.8) is 0 Å². The first-order valence-corrected chi connectivity index (χ1v) is 8.77. The molecule has 4 rings (SSSR count). The standard InChI is InChI=1S/C21H21N3O2/c1-26-19-9-5-3-6-16(19)15-10-12-24(13-11-15)14-20-22-18-8-4-2-7-17(18)21(25)23-20/h2-10H,11-14H2,1H3,(H,22,23,25). The fourth-order valence-electron chi connectivity index (χ4n) is 3.43. The van der Waals surface area contributed by atoms with Crippen molar-refractivity contribution in [3.8, 4) is 5.75 Å². The molecule has 0 atom stereocenters. The van der Waals surface area contributed by atoms with Crippen molar-refractivity contribution in [3.05, 3.63) is 76.3 Å². The lowest BCUT2D eigenvalue weighted by molar-refractivity contribution is 0.286. The van der Waals surface area contributed by atoms with E-state index in [1.165, 1.54) is 5.57 Å². The van der Waals surface area contributed by atoms with Gasteiger partial charge in [0.1, 0.15) is 11.6 Å². The van der Waals surface area contributed by atoms with Crippen molar-refractivity contribution in [2.75, 3.05) is 20.2 Å². The number of rotatable bonds is 4. The van der Waals surface area contributed by atoms with Gasteiger partial charge in [-0.3, -0.25) is 9.69 Å². The number of benzene rings is 2. The second-order valence-corrected chi connectivity index (χ2v) is 6.44. The highest BCUT2D eigenvalue weighted by Crippen LogP contribution is 2.30. The Morgan fingerprint density at radius 1 is 1.15 bits per heavy atom. The first-order valence-electron chi connectivity index (χ1n) is 8.77. The van der Waals surface area contributed by atoms with Crippen LogP contribution in [0.1, 0.15) is 17.8 Å². The van der Waals surface area contributed by atoms with Crippen LogP contribution in [0.4, 0.5) is 0 Å². The van der Waals surface area contributed by atoms with E-state index in [4.69, 9.17) is 4.74 Å². The summed E-state index contributed by atoms with van der Waals surface area (Å²) in [5, 5.41) is 0.633. The molecule has 5 nitrogen and oxygen atoms in total. The van der Waals surface area contributed by atoms with Gasteiger partial charge in [0.25, 0.3) is 5.56 Å². The van der Waals surface area contributed by atoms with Crippen LogP contribution in [0.3, 0.4) is 0 Å². The molecule has 5 heteroatoms. The van der Waals surface area contributed by atoms with Crippen molar-refractivity contribution >= 4 is 16.5 Å². The summed E-state index contributed by atoms with van der Waals surface area (Å²) < 4.78 is 5.47. The van der Waals surface area contributed by atoms with E-state index in [0.29, 0.717) is 17.8 Å². The largest absolute Gasteiger partial charge is 0.496 e. The van der Waals surface area contributed by atoms with E-state index in [0.717, 1.165) is 36.3 Å². The summed E-state index contributed by atoms with van der Waals surface area (Å²) in [5.41, 5.74) is 3.13. The smallest absolute Gasteiger partial charge is 0.258 e. The van der Waals surface area contributed by atoms with Crippen LogP contribution < -0.4 is 10.3 Å². The Bertz CT molecular complexity index is 1020. The SMILES string of the molecule is COc1ccccc1C1=CCN(Cc2nc3ccccc3c(=O)[nH]2)CC1. The van der Waals surface area contributed by atoms with Gasteiger partial charge in [0, 0.05) is 18.7 Å². The van der Waals surface area contributed by atoms with E-state index in [9.17, 15) is 4.79 Å². The molecule has 2 heterocycles. The number of para-hydroxylation sites is 2. The number of fused-ring (bicyclic) bond motifs is 1. The monoisotopic (exact) mass is 347 g/mol. The Labute approximate surface area is 152 Å². The minimum absolute atomic E-state index is 0.0761. The normalized spacial score (nSPS) is 15.0. The lowest BCUT2D eigenvalue weighted by Gasteiger charge is -2.26. The Kier molecular flexibility index (Phi) is 4.54. The second-order valence-electron chi connectivity index (χ2n) is 6.44. The van der Waals surface area contributed by atoms with Crippen molar-refractivity contribution in [2.24, 2.45) is 0 Å². The molecule has 0 unspecified atom stereocenters. The summed E-state index contributed by atoms with van der Waals surface area (Å²) in [6.45, 7) is 2.38.